The molecule has 0 radical (unpaired) electrons. The second kappa shape index (κ2) is 7.25. The third kappa shape index (κ3) is 4.32. The molecule has 1 aromatic rings. The van der Waals surface area contributed by atoms with Crippen molar-refractivity contribution in [2.75, 3.05) is 32.8 Å². The Bertz CT molecular complexity index is 418. The van der Waals surface area contributed by atoms with Gasteiger partial charge in [-0.05, 0) is 24.6 Å². The van der Waals surface area contributed by atoms with Crippen LogP contribution in [0.25, 0.3) is 0 Å². The summed E-state index contributed by atoms with van der Waals surface area (Å²) in [4.78, 5) is 2.45. The summed E-state index contributed by atoms with van der Waals surface area (Å²) in [6.07, 6.45) is 0. The summed E-state index contributed by atoms with van der Waals surface area (Å²) in [5, 5.41) is 12.2. The molecule has 0 saturated carbocycles. The maximum Gasteiger partial charge on any atom is 0.0991 e. The van der Waals surface area contributed by atoms with E-state index in [1.807, 2.05) is 24.3 Å². The van der Waals surface area contributed by atoms with E-state index in [2.05, 4.69) is 23.2 Å². The van der Waals surface area contributed by atoms with Gasteiger partial charge in [-0.25, -0.2) is 0 Å². The minimum atomic E-state index is 0.530. The van der Waals surface area contributed by atoms with Crippen molar-refractivity contribution < 1.29 is 4.74 Å². The summed E-state index contributed by atoms with van der Waals surface area (Å²) in [6.45, 7) is 7.82. The van der Waals surface area contributed by atoms with Crippen LogP contribution in [0.2, 0.25) is 0 Å². The number of nitrogens with zero attached hydrogens (tertiary/aromatic N) is 2. The molecule has 1 aliphatic heterocycles. The molecule has 0 bridgehead atoms. The van der Waals surface area contributed by atoms with Crippen LogP contribution < -0.4 is 5.32 Å². The Kier molecular flexibility index (Phi) is 5.34. The van der Waals surface area contributed by atoms with Gasteiger partial charge in [-0.1, -0.05) is 12.1 Å². The standard InChI is InChI=1S/C15H21N3O/c1-13(18-6-8-19-9-7-18)11-17-12-15-4-2-14(10-16)3-5-15/h2-5,13,17H,6-9,11-12H2,1H3. The lowest BCUT2D eigenvalue weighted by atomic mass is 10.1. The van der Waals surface area contributed by atoms with Crippen LogP contribution in [0, 0.1) is 11.3 Å². The molecule has 0 aliphatic carbocycles. The van der Waals surface area contributed by atoms with Crippen LogP contribution in [0.3, 0.4) is 0 Å². The highest BCUT2D eigenvalue weighted by atomic mass is 16.5. The van der Waals surface area contributed by atoms with E-state index < -0.39 is 0 Å². The van der Waals surface area contributed by atoms with Gasteiger partial charge in [-0.15, -0.1) is 0 Å². The van der Waals surface area contributed by atoms with Crippen molar-refractivity contribution in [2.45, 2.75) is 19.5 Å². The van der Waals surface area contributed by atoms with E-state index in [0.717, 1.165) is 39.4 Å². The summed E-state index contributed by atoms with van der Waals surface area (Å²) in [7, 11) is 0. The highest BCUT2D eigenvalue weighted by Gasteiger charge is 2.16. The number of hydrogen-bond donors (Lipinski definition) is 1. The highest BCUT2D eigenvalue weighted by molar-refractivity contribution is 5.31. The van der Waals surface area contributed by atoms with Gasteiger partial charge in [0.25, 0.3) is 0 Å². The first-order valence-corrected chi connectivity index (χ1v) is 6.81. The third-order valence-electron chi connectivity index (χ3n) is 3.52. The molecule has 4 heteroatoms. The van der Waals surface area contributed by atoms with E-state index in [4.69, 9.17) is 10.00 Å². The number of morpholine rings is 1. The van der Waals surface area contributed by atoms with Crippen molar-refractivity contribution in [3.05, 3.63) is 35.4 Å². The number of rotatable bonds is 5. The normalized spacial score (nSPS) is 17.9. The quantitative estimate of drug-likeness (QED) is 0.867. The third-order valence-corrected chi connectivity index (χ3v) is 3.52. The first-order valence-electron chi connectivity index (χ1n) is 6.81. The second-order valence-corrected chi connectivity index (χ2v) is 4.94. The summed E-state index contributed by atoms with van der Waals surface area (Å²) in [6, 6.07) is 10.4. The smallest absolute Gasteiger partial charge is 0.0991 e. The Balaban J connectivity index is 1.71. The Morgan fingerprint density at radius 3 is 2.63 bits per heavy atom. The first-order chi connectivity index (χ1) is 9.29. The summed E-state index contributed by atoms with van der Waals surface area (Å²) in [5.74, 6) is 0. The SMILES string of the molecule is CC(CNCc1ccc(C#N)cc1)N1CCOCC1. The lowest BCUT2D eigenvalue weighted by Gasteiger charge is -2.32. The average Bonchev–Trinajstić information content (AvgIpc) is 2.49. The molecule has 102 valence electrons. The van der Waals surface area contributed by atoms with Crippen molar-refractivity contribution >= 4 is 0 Å². The Morgan fingerprint density at radius 2 is 2.00 bits per heavy atom. The molecule has 0 spiro atoms. The maximum absolute atomic E-state index is 8.74. The molecule has 1 unspecified atom stereocenters. The van der Waals surface area contributed by atoms with Gasteiger partial charge in [0.2, 0.25) is 0 Å². The second-order valence-electron chi connectivity index (χ2n) is 4.94. The lowest BCUT2D eigenvalue weighted by Crippen LogP contribution is -2.46. The maximum atomic E-state index is 8.74. The number of nitriles is 1. The van der Waals surface area contributed by atoms with Crippen molar-refractivity contribution in [1.82, 2.24) is 10.2 Å². The molecule has 0 aromatic heterocycles. The largest absolute Gasteiger partial charge is 0.379 e. The monoisotopic (exact) mass is 259 g/mol. The first kappa shape index (κ1) is 14.0. The number of nitrogens with one attached hydrogen (secondary N) is 1. The molecule has 1 aliphatic rings. The van der Waals surface area contributed by atoms with Gasteiger partial charge in [0.05, 0.1) is 24.8 Å². The van der Waals surface area contributed by atoms with Gasteiger partial charge in [-0.3, -0.25) is 4.90 Å². The molecule has 1 atom stereocenters. The minimum Gasteiger partial charge on any atom is -0.379 e. The molecule has 2 rings (SSSR count). The van der Waals surface area contributed by atoms with Gasteiger partial charge in [-0.2, -0.15) is 5.26 Å². The fourth-order valence-corrected chi connectivity index (χ4v) is 2.27. The molecular weight excluding hydrogens is 238 g/mol. The molecule has 1 N–H and O–H groups in total. The molecule has 19 heavy (non-hydrogen) atoms. The minimum absolute atomic E-state index is 0.530. The predicted octanol–water partition coefficient (Wildman–Crippen LogP) is 1.37. The van der Waals surface area contributed by atoms with E-state index >= 15 is 0 Å². The molecule has 1 heterocycles. The number of hydrogen-bond acceptors (Lipinski definition) is 4. The van der Waals surface area contributed by atoms with Crippen LogP contribution in [0.15, 0.2) is 24.3 Å². The Morgan fingerprint density at radius 1 is 1.32 bits per heavy atom. The number of ether oxygens (including phenoxy) is 1. The van der Waals surface area contributed by atoms with Crippen molar-refractivity contribution in [2.24, 2.45) is 0 Å². The van der Waals surface area contributed by atoms with Crippen molar-refractivity contribution in [3.63, 3.8) is 0 Å². The molecule has 4 nitrogen and oxygen atoms in total. The molecule has 0 amide bonds. The zero-order valence-corrected chi connectivity index (χ0v) is 11.4. The molecule has 1 fully saturated rings. The van der Waals surface area contributed by atoms with Crippen LogP contribution >= 0.6 is 0 Å². The zero-order valence-electron chi connectivity index (χ0n) is 11.4. The number of benzene rings is 1. The highest BCUT2D eigenvalue weighted by Crippen LogP contribution is 2.05. The summed E-state index contributed by atoms with van der Waals surface area (Å²) >= 11 is 0. The van der Waals surface area contributed by atoms with Crippen LogP contribution in [-0.4, -0.2) is 43.8 Å². The average molecular weight is 259 g/mol. The van der Waals surface area contributed by atoms with Gasteiger partial charge in [0, 0.05) is 32.2 Å². The molecular formula is C15H21N3O. The van der Waals surface area contributed by atoms with Crippen LogP contribution in [-0.2, 0) is 11.3 Å². The van der Waals surface area contributed by atoms with Gasteiger partial charge >= 0.3 is 0 Å². The van der Waals surface area contributed by atoms with Crippen LogP contribution in [0.4, 0.5) is 0 Å². The Labute approximate surface area is 115 Å². The fraction of sp³-hybridized carbons (Fsp3) is 0.533. The van der Waals surface area contributed by atoms with E-state index in [1.165, 1.54) is 5.56 Å². The van der Waals surface area contributed by atoms with E-state index in [9.17, 15) is 0 Å². The lowest BCUT2D eigenvalue weighted by molar-refractivity contribution is 0.0203. The van der Waals surface area contributed by atoms with Gasteiger partial charge in [0.15, 0.2) is 0 Å². The van der Waals surface area contributed by atoms with Crippen molar-refractivity contribution in [1.29, 1.82) is 5.26 Å². The summed E-state index contributed by atoms with van der Waals surface area (Å²) < 4.78 is 5.36. The van der Waals surface area contributed by atoms with Crippen LogP contribution in [0.1, 0.15) is 18.1 Å². The Hall–Kier alpha value is -1.41. The fourth-order valence-electron chi connectivity index (χ4n) is 2.27. The van der Waals surface area contributed by atoms with E-state index in [0.29, 0.717) is 11.6 Å². The van der Waals surface area contributed by atoms with Crippen LogP contribution in [0.5, 0.6) is 0 Å². The zero-order chi connectivity index (χ0) is 13.5. The topological polar surface area (TPSA) is 48.3 Å². The van der Waals surface area contributed by atoms with E-state index in [1.54, 1.807) is 0 Å². The molecule has 1 saturated heterocycles. The predicted molar refractivity (Wildman–Crippen MR) is 74.7 cm³/mol. The van der Waals surface area contributed by atoms with Crippen molar-refractivity contribution in [3.8, 4) is 6.07 Å². The van der Waals surface area contributed by atoms with E-state index in [-0.39, 0.29) is 0 Å². The summed E-state index contributed by atoms with van der Waals surface area (Å²) in [5.41, 5.74) is 1.93. The molecule has 1 aromatic carbocycles. The van der Waals surface area contributed by atoms with Gasteiger partial charge < -0.3 is 10.1 Å². The van der Waals surface area contributed by atoms with Gasteiger partial charge in [0.1, 0.15) is 0 Å².